The van der Waals surface area contributed by atoms with Crippen LogP contribution >= 0.6 is 11.3 Å². The van der Waals surface area contributed by atoms with E-state index in [1.54, 1.807) is 23.3 Å². The number of ether oxygens (including phenoxy) is 1. The summed E-state index contributed by atoms with van der Waals surface area (Å²) in [6.07, 6.45) is 0.379. The molecule has 0 aliphatic carbocycles. The molecule has 128 valence electrons. The molecule has 6 heteroatoms. The van der Waals surface area contributed by atoms with Gasteiger partial charge in [-0.05, 0) is 17.5 Å². The third-order valence-corrected chi connectivity index (χ3v) is 4.49. The molecule has 5 nitrogen and oxygen atoms in total. The van der Waals surface area contributed by atoms with Crippen molar-refractivity contribution in [2.24, 2.45) is 0 Å². The van der Waals surface area contributed by atoms with Gasteiger partial charge in [0.25, 0.3) is 0 Å². The maximum Gasteiger partial charge on any atom is 0.225 e. The average Bonchev–Trinajstić information content (AvgIpc) is 3.07. The average molecular weight is 346 g/mol. The van der Waals surface area contributed by atoms with Gasteiger partial charge in [0.2, 0.25) is 11.8 Å². The van der Waals surface area contributed by atoms with Gasteiger partial charge in [-0.15, -0.1) is 11.3 Å². The summed E-state index contributed by atoms with van der Waals surface area (Å²) < 4.78 is 5.32. The Bertz CT molecular complexity index is 671. The molecule has 1 heterocycles. The highest BCUT2D eigenvalue weighted by atomic mass is 32.1. The van der Waals surface area contributed by atoms with E-state index in [-0.39, 0.29) is 11.8 Å². The zero-order valence-corrected chi connectivity index (χ0v) is 14.8. The zero-order valence-electron chi connectivity index (χ0n) is 14.0. The fraction of sp³-hybridized carbons (Fsp3) is 0.333. The number of carbonyl (C=O) groups excluding carboxylic acids is 2. The van der Waals surface area contributed by atoms with Crippen LogP contribution in [0.5, 0.6) is 5.75 Å². The van der Waals surface area contributed by atoms with Crippen molar-refractivity contribution in [2.75, 3.05) is 20.2 Å². The molecule has 0 aliphatic heterocycles. The summed E-state index contributed by atoms with van der Waals surface area (Å²) in [7, 11) is 1.61. The van der Waals surface area contributed by atoms with Crippen LogP contribution < -0.4 is 10.1 Å². The van der Waals surface area contributed by atoms with E-state index in [1.165, 1.54) is 6.92 Å². The lowest BCUT2D eigenvalue weighted by Crippen LogP contribution is -2.37. The SMILES string of the molecule is COc1ccccc1CN(CCNC(=O)Cc1cccs1)C(C)=O. The molecule has 0 saturated carbocycles. The van der Waals surface area contributed by atoms with Crippen molar-refractivity contribution in [1.82, 2.24) is 10.2 Å². The van der Waals surface area contributed by atoms with Crippen LogP contribution in [0.15, 0.2) is 41.8 Å². The highest BCUT2D eigenvalue weighted by Gasteiger charge is 2.13. The van der Waals surface area contributed by atoms with Crippen molar-refractivity contribution >= 4 is 23.2 Å². The first-order valence-electron chi connectivity index (χ1n) is 7.76. The number of carbonyl (C=O) groups is 2. The Morgan fingerprint density at radius 3 is 2.67 bits per heavy atom. The van der Waals surface area contributed by atoms with Crippen molar-refractivity contribution in [3.05, 3.63) is 52.2 Å². The molecule has 0 saturated heterocycles. The summed E-state index contributed by atoms with van der Waals surface area (Å²) in [4.78, 5) is 26.5. The number of hydrogen-bond acceptors (Lipinski definition) is 4. The zero-order chi connectivity index (χ0) is 17.4. The summed E-state index contributed by atoms with van der Waals surface area (Å²) in [5, 5.41) is 4.81. The lowest BCUT2D eigenvalue weighted by Gasteiger charge is -2.22. The molecule has 0 atom stereocenters. The van der Waals surface area contributed by atoms with E-state index in [0.29, 0.717) is 26.1 Å². The molecule has 1 aromatic carbocycles. The predicted octanol–water partition coefficient (Wildman–Crippen LogP) is 2.46. The van der Waals surface area contributed by atoms with Gasteiger partial charge in [0.15, 0.2) is 0 Å². The molecule has 2 aromatic rings. The number of thiophene rings is 1. The van der Waals surface area contributed by atoms with Crippen molar-refractivity contribution in [3.8, 4) is 5.75 Å². The van der Waals surface area contributed by atoms with Gasteiger partial charge in [-0.2, -0.15) is 0 Å². The fourth-order valence-corrected chi connectivity index (χ4v) is 3.05. The maximum absolute atomic E-state index is 11.9. The minimum atomic E-state index is -0.0339. The molecule has 2 rings (SSSR count). The van der Waals surface area contributed by atoms with Crippen LogP contribution in [0.3, 0.4) is 0 Å². The van der Waals surface area contributed by atoms with Gasteiger partial charge in [-0.3, -0.25) is 9.59 Å². The molecule has 1 N–H and O–H groups in total. The Kier molecular flexibility index (Phi) is 6.81. The first-order chi connectivity index (χ1) is 11.6. The second kappa shape index (κ2) is 9.08. The monoisotopic (exact) mass is 346 g/mol. The molecule has 0 fully saturated rings. The summed E-state index contributed by atoms with van der Waals surface area (Å²) in [6.45, 7) is 2.88. The number of amides is 2. The first-order valence-corrected chi connectivity index (χ1v) is 8.64. The first kappa shape index (κ1) is 18.0. The van der Waals surface area contributed by atoms with E-state index in [1.807, 2.05) is 41.8 Å². The molecule has 2 amide bonds. The van der Waals surface area contributed by atoms with Crippen molar-refractivity contribution in [1.29, 1.82) is 0 Å². The molecule has 1 aromatic heterocycles. The molecule has 0 bridgehead atoms. The van der Waals surface area contributed by atoms with Crippen LogP contribution in [-0.2, 0) is 22.6 Å². The van der Waals surface area contributed by atoms with Crippen LogP contribution in [0.2, 0.25) is 0 Å². The van der Waals surface area contributed by atoms with Gasteiger partial charge in [0.1, 0.15) is 5.75 Å². The second-order valence-corrected chi connectivity index (χ2v) is 6.39. The number of methoxy groups -OCH3 is 1. The van der Waals surface area contributed by atoms with Gasteiger partial charge < -0.3 is 15.0 Å². The molecule has 0 spiro atoms. The summed E-state index contributed by atoms with van der Waals surface area (Å²) in [5.41, 5.74) is 0.945. The number of benzene rings is 1. The Morgan fingerprint density at radius 1 is 1.21 bits per heavy atom. The van der Waals surface area contributed by atoms with Gasteiger partial charge >= 0.3 is 0 Å². The normalized spacial score (nSPS) is 10.2. The standard InChI is InChI=1S/C18H22N2O3S/c1-14(21)20(13-15-6-3-4-8-17(15)23-2)10-9-19-18(22)12-16-7-5-11-24-16/h3-8,11H,9-10,12-13H2,1-2H3,(H,19,22). The minimum absolute atomic E-state index is 0.0294. The maximum atomic E-state index is 11.9. The van der Waals surface area contributed by atoms with Crippen molar-refractivity contribution in [2.45, 2.75) is 19.9 Å². The molecule has 0 aliphatic rings. The molecule has 0 radical (unpaired) electrons. The van der Waals surface area contributed by atoms with Crippen molar-refractivity contribution in [3.63, 3.8) is 0 Å². The van der Waals surface area contributed by atoms with Gasteiger partial charge in [-0.1, -0.05) is 24.3 Å². The van der Waals surface area contributed by atoms with Gasteiger partial charge in [0, 0.05) is 37.0 Å². The number of hydrogen-bond donors (Lipinski definition) is 1. The van der Waals surface area contributed by atoms with E-state index < -0.39 is 0 Å². The smallest absolute Gasteiger partial charge is 0.225 e. The molecular weight excluding hydrogens is 324 g/mol. The van der Waals surface area contributed by atoms with Crippen LogP contribution in [0.25, 0.3) is 0 Å². The summed E-state index contributed by atoms with van der Waals surface area (Å²) in [5.74, 6) is 0.692. The number of rotatable bonds is 8. The quantitative estimate of drug-likeness (QED) is 0.799. The van der Waals surface area contributed by atoms with Crippen LogP contribution in [0.4, 0.5) is 0 Å². The molecule has 0 unspecified atom stereocenters. The number of nitrogens with one attached hydrogen (secondary N) is 1. The lowest BCUT2D eigenvalue weighted by atomic mass is 10.2. The minimum Gasteiger partial charge on any atom is -0.496 e. The summed E-state index contributed by atoms with van der Waals surface area (Å²) >= 11 is 1.56. The van der Waals surface area contributed by atoms with E-state index >= 15 is 0 Å². The highest BCUT2D eigenvalue weighted by molar-refractivity contribution is 7.10. The lowest BCUT2D eigenvalue weighted by molar-refractivity contribution is -0.130. The Morgan fingerprint density at radius 2 is 2.00 bits per heavy atom. The number of para-hydroxylation sites is 1. The Labute approximate surface area is 146 Å². The van der Waals surface area contributed by atoms with Crippen molar-refractivity contribution < 1.29 is 14.3 Å². The predicted molar refractivity (Wildman–Crippen MR) is 95.1 cm³/mol. The fourth-order valence-electron chi connectivity index (χ4n) is 2.35. The number of nitrogens with zero attached hydrogens (tertiary/aromatic N) is 1. The van der Waals surface area contributed by atoms with Crippen LogP contribution in [0.1, 0.15) is 17.4 Å². The summed E-state index contributed by atoms with van der Waals surface area (Å²) in [6, 6.07) is 11.5. The van der Waals surface area contributed by atoms with Gasteiger partial charge in [-0.25, -0.2) is 0 Å². The van der Waals surface area contributed by atoms with E-state index in [4.69, 9.17) is 4.74 Å². The molecular formula is C18H22N2O3S. The Hall–Kier alpha value is -2.34. The third-order valence-electron chi connectivity index (χ3n) is 3.62. The van der Waals surface area contributed by atoms with E-state index in [2.05, 4.69) is 5.32 Å². The Balaban J connectivity index is 1.85. The van der Waals surface area contributed by atoms with Crippen LogP contribution in [-0.4, -0.2) is 36.9 Å². The largest absolute Gasteiger partial charge is 0.496 e. The topological polar surface area (TPSA) is 58.6 Å². The molecule has 24 heavy (non-hydrogen) atoms. The van der Waals surface area contributed by atoms with Crippen LogP contribution in [0, 0.1) is 0 Å². The van der Waals surface area contributed by atoms with E-state index in [0.717, 1.165) is 16.2 Å². The van der Waals surface area contributed by atoms with Gasteiger partial charge in [0.05, 0.1) is 13.5 Å². The second-order valence-electron chi connectivity index (χ2n) is 5.36. The highest BCUT2D eigenvalue weighted by Crippen LogP contribution is 2.19. The van der Waals surface area contributed by atoms with E-state index in [9.17, 15) is 9.59 Å². The third kappa shape index (κ3) is 5.38.